The van der Waals surface area contributed by atoms with Crippen molar-refractivity contribution in [2.75, 3.05) is 19.7 Å². The van der Waals surface area contributed by atoms with E-state index in [0.717, 1.165) is 26.0 Å². The number of nitrogens with zero attached hydrogens (tertiary/aromatic N) is 1. The summed E-state index contributed by atoms with van der Waals surface area (Å²) >= 11 is 0. The van der Waals surface area contributed by atoms with Crippen molar-refractivity contribution in [3.63, 3.8) is 0 Å². The minimum atomic E-state index is -0.710. The van der Waals surface area contributed by atoms with Crippen molar-refractivity contribution in [2.24, 2.45) is 5.92 Å². The fraction of sp³-hybridized carbons (Fsp3) is 0.917. The second-order valence-corrected chi connectivity index (χ2v) is 4.69. The molecule has 1 fully saturated rings. The number of hydrogen-bond donors (Lipinski definition) is 1. The molecule has 0 radical (unpaired) electrons. The average molecular weight is 229 g/mol. The molecule has 0 aromatic carbocycles. The Morgan fingerprint density at radius 3 is 2.81 bits per heavy atom. The Bertz CT molecular complexity index is 232. The Labute approximate surface area is 97.6 Å². The van der Waals surface area contributed by atoms with Gasteiger partial charge in [-0.3, -0.25) is 9.69 Å². The van der Waals surface area contributed by atoms with Crippen LogP contribution in [0.1, 0.15) is 33.6 Å². The maximum atomic E-state index is 10.8. The van der Waals surface area contributed by atoms with E-state index in [4.69, 9.17) is 9.84 Å². The SMILES string of the molecule is CCN(CC(C)C(=O)O)C1CCOC(C)C1. The van der Waals surface area contributed by atoms with Gasteiger partial charge in [-0.25, -0.2) is 0 Å². The first-order chi connectivity index (χ1) is 7.54. The topological polar surface area (TPSA) is 49.8 Å². The molecule has 0 spiro atoms. The highest BCUT2D eigenvalue weighted by Crippen LogP contribution is 2.19. The van der Waals surface area contributed by atoms with Gasteiger partial charge in [0.1, 0.15) is 0 Å². The minimum Gasteiger partial charge on any atom is -0.481 e. The van der Waals surface area contributed by atoms with E-state index in [9.17, 15) is 4.79 Å². The molecule has 3 unspecified atom stereocenters. The Balaban J connectivity index is 2.49. The van der Waals surface area contributed by atoms with Gasteiger partial charge in [0.25, 0.3) is 0 Å². The number of carbonyl (C=O) groups is 1. The van der Waals surface area contributed by atoms with Crippen LogP contribution in [0.25, 0.3) is 0 Å². The summed E-state index contributed by atoms with van der Waals surface area (Å²) in [5.41, 5.74) is 0. The summed E-state index contributed by atoms with van der Waals surface area (Å²) in [5.74, 6) is -1.00. The molecular formula is C12H23NO3. The van der Waals surface area contributed by atoms with Gasteiger partial charge >= 0.3 is 5.97 Å². The van der Waals surface area contributed by atoms with Gasteiger partial charge in [-0.2, -0.15) is 0 Å². The first-order valence-electron chi connectivity index (χ1n) is 6.13. The highest BCUT2D eigenvalue weighted by Gasteiger charge is 2.26. The molecule has 16 heavy (non-hydrogen) atoms. The molecule has 0 saturated carbocycles. The highest BCUT2D eigenvalue weighted by atomic mass is 16.5. The largest absolute Gasteiger partial charge is 0.481 e. The maximum absolute atomic E-state index is 10.8. The van der Waals surface area contributed by atoms with Crippen molar-refractivity contribution in [1.29, 1.82) is 0 Å². The van der Waals surface area contributed by atoms with Gasteiger partial charge in [-0.1, -0.05) is 13.8 Å². The van der Waals surface area contributed by atoms with Gasteiger partial charge in [0.15, 0.2) is 0 Å². The molecule has 3 atom stereocenters. The second kappa shape index (κ2) is 6.21. The van der Waals surface area contributed by atoms with Crippen molar-refractivity contribution in [3.05, 3.63) is 0 Å². The van der Waals surface area contributed by atoms with Crippen LogP contribution >= 0.6 is 0 Å². The number of ether oxygens (including phenoxy) is 1. The lowest BCUT2D eigenvalue weighted by molar-refractivity contribution is -0.142. The molecule has 1 aliphatic rings. The van der Waals surface area contributed by atoms with Crippen LogP contribution < -0.4 is 0 Å². The number of carboxylic acids is 1. The van der Waals surface area contributed by atoms with E-state index in [-0.39, 0.29) is 5.92 Å². The first-order valence-corrected chi connectivity index (χ1v) is 6.13. The molecule has 1 aliphatic heterocycles. The van der Waals surface area contributed by atoms with Crippen LogP contribution in [0.15, 0.2) is 0 Å². The average Bonchev–Trinajstić information content (AvgIpc) is 2.25. The second-order valence-electron chi connectivity index (χ2n) is 4.69. The molecule has 1 rings (SSSR count). The van der Waals surface area contributed by atoms with E-state index in [2.05, 4.69) is 18.7 Å². The summed E-state index contributed by atoms with van der Waals surface area (Å²) < 4.78 is 5.51. The number of carboxylic acid groups (broad SMARTS) is 1. The lowest BCUT2D eigenvalue weighted by Crippen LogP contribution is -2.44. The van der Waals surface area contributed by atoms with E-state index < -0.39 is 5.97 Å². The van der Waals surface area contributed by atoms with Gasteiger partial charge in [0.05, 0.1) is 12.0 Å². The predicted octanol–water partition coefficient (Wildman–Crippen LogP) is 1.60. The summed E-state index contributed by atoms with van der Waals surface area (Å²) in [6, 6.07) is 0.482. The first kappa shape index (κ1) is 13.5. The Morgan fingerprint density at radius 2 is 2.31 bits per heavy atom. The van der Waals surface area contributed by atoms with Crippen LogP contribution in [0, 0.1) is 5.92 Å². The molecule has 0 bridgehead atoms. The molecule has 94 valence electrons. The number of rotatable bonds is 5. The van der Waals surface area contributed by atoms with Gasteiger partial charge in [0.2, 0.25) is 0 Å². The molecule has 0 aliphatic carbocycles. The molecule has 0 aromatic rings. The van der Waals surface area contributed by atoms with Crippen LogP contribution in [0.2, 0.25) is 0 Å². The molecule has 4 heteroatoms. The molecule has 1 saturated heterocycles. The standard InChI is InChI=1S/C12H23NO3/c1-4-13(8-9(2)12(14)15)11-5-6-16-10(3)7-11/h9-11H,4-8H2,1-3H3,(H,14,15). The molecular weight excluding hydrogens is 206 g/mol. The van der Waals surface area contributed by atoms with Crippen LogP contribution in [0.3, 0.4) is 0 Å². The normalized spacial score (nSPS) is 28.0. The predicted molar refractivity (Wildman–Crippen MR) is 62.5 cm³/mol. The van der Waals surface area contributed by atoms with Crippen molar-refractivity contribution >= 4 is 5.97 Å². The zero-order valence-corrected chi connectivity index (χ0v) is 10.5. The van der Waals surface area contributed by atoms with E-state index >= 15 is 0 Å². The lowest BCUT2D eigenvalue weighted by Gasteiger charge is -2.36. The fourth-order valence-corrected chi connectivity index (χ4v) is 2.27. The van der Waals surface area contributed by atoms with Gasteiger partial charge < -0.3 is 9.84 Å². The third kappa shape index (κ3) is 3.76. The Hall–Kier alpha value is -0.610. The minimum absolute atomic E-state index is 0.293. The smallest absolute Gasteiger partial charge is 0.307 e. The van der Waals surface area contributed by atoms with Crippen LogP contribution in [0.5, 0.6) is 0 Å². The fourth-order valence-electron chi connectivity index (χ4n) is 2.27. The molecule has 0 aromatic heterocycles. The van der Waals surface area contributed by atoms with Crippen LogP contribution in [-0.4, -0.2) is 47.8 Å². The molecule has 0 amide bonds. The van der Waals surface area contributed by atoms with E-state index in [1.165, 1.54) is 0 Å². The van der Waals surface area contributed by atoms with Crippen molar-refractivity contribution in [3.8, 4) is 0 Å². The van der Waals surface area contributed by atoms with Crippen molar-refractivity contribution in [2.45, 2.75) is 45.8 Å². The summed E-state index contributed by atoms with van der Waals surface area (Å²) in [7, 11) is 0. The summed E-state index contributed by atoms with van der Waals surface area (Å²) in [6.45, 7) is 8.30. The maximum Gasteiger partial charge on any atom is 0.307 e. The van der Waals surface area contributed by atoms with Crippen LogP contribution in [-0.2, 0) is 9.53 Å². The van der Waals surface area contributed by atoms with Gasteiger partial charge in [0, 0.05) is 19.2 Å². The van der Waals surface area contributed by atoms with Crippen molar-refractivity contribution < 1.29 is 14.6 Å². The molecule has 1 N–H and O–H groups in total. The van der Waals surface area contributed by atoms with Crippen molar-refractivity contribution in [1.82, 2.24) is 4.90 Å². The number of aliphatic carboxylic acids is 1. The monoisotopic (exact) mass is 229 g/mol. The van der Waals surface area contributed by atoms with Crippen LogP contribution in [0.4, 0.5) is 0 Å². The quantitative estimate of drug-likeness (QED) is 0.778. The van der Waals surface area contributed by atoms with Gasteiger partial charge in [-0.15, -0.1) is 0 Å². The summed E-state index contributed by atoms with van der Waals surface area (Å²) in [6.07, 6.45) is 2.33. The highest BCUT2D eigenvalue weighted by molar-refractivity contribution is 5.69. The summed E-state index contributed by atoms with van der Waals surface area (Å²) in [5, 5.41) is 8.93. The zero-order valence-electron chi connectivity index (χ0n) is 10.5. The molecule has 4 nitrogen and oxygen atoms in total. The Morgan fingerprint density at radius 1 is 1.62 bits per heavy atom. The van der Waals surface area contributed by atoms with Gasteiger partial charge in [-0.05, 0) is 26.3 Å². The third-order valence-corrected chi connectivity index (χ3v) is 3.31. The summed E-state index contributed by atoms with van der Waals surface area (Å²) in [4.78, 5) is 13.1. The number of hydrogen-bond acceptors (Lipinski definition) is 3. The van der Waals surface area contributed by atoms with E-state index in [1.807, 2.05) is 0 Å². The zero-order chi connectivity index (χ0) is 12.1. The Kier molecular flexibility index (Phi) is 5.22. The van der Waals surface area contributed by atoms with E-state index in [0.29, 0.717) is 18.7 Å². The van der Waals surface area contributed by atoms with E-state index in [1.54, 1.807) is 6.92 Å². The molecule has 1 heterocycles. The lowest BCUT2D eigenvalue weighted by atomic mass is 10.0. The third-order valence-electron chi connectivity index (χ3n) is 3.31.